The molecule has 0 fully saturated rings. The van der Waals surface area contributed by atoms with Crippen molar-refractivity contribution in [3.8, 4) is 5.75 Å². The van der Waals surface area contributed by atoms with Crippen molar-refractivity contribution in [1.82, 2.24) is 0 Å². The van der Waals surface area contributed by atoms with Crippen LogP contribution in [0.2, 0.25) is 5.02 Å². The number of amides is 1. The van der Waals surface area contributed by atoms with Gasteiger partial charge in [0.25, 0.3) is 5.91 Å². The lowest BCUT2D eigenvalue weighted by Crippen LogP contribution is -2.16. The molecule has 114 valence electrons. The summed E-state index contributed by atoms with van der Waals surface area (Å²) in [5.41, 5.74) is 1.65. The second-order valence-corrected chi connectivity index (χ2v) is 6.34. The lowest BCUT2D eigenvalue weighted by molar-refractivity contribution is -0.131. The van der Waals surface area contributed by atoms with Gasteiger partial charge >= 0.3 is 5.97 Å². The van der Waals surface area contributed by atoms with Crippen molar-refractivity contribution < 1.29 is 14.3 Å². The summed E-state index contributed by atoms with van der Waals surface area (Å²) < 4.78 is 6.07. The molecule has 22 heavy (non-hydrogen) atoms. The number of benzene rings is 2. The standard InChI is InChI=1S/C16H13ClINO3/c1-9-7-12(18)8-14(15(9)22-10(2)20)16(21)19-13-5-3-11(17)4-6-13/h3-8H,1-2H3,(H,19,21). The highest BCUT2D eigenvalue weighted by Crippen LogP contribution is 2.27. The molecule has 0 saturated heterocycles. The minimum Gasteiger partial charge on any atom is -0.426 e. The summed E-state index contributed by atoms with van der Waals surface area (Å²) >= 11 is 7.93. The minimum atomic E-state index is -0.468. The van der Waals surface area contributed by atoms with E-state index >= 15 is 0 Å². The normalized spacial score (nSPS) is 10.2. The van der Waals surface area contributed by atoms with E-state index in [0.717, 1.165) is 9.13 Å². The summed E-state index contributed by atoms with van der Waals surface area (Å²) in [6.45, 7) is 3.10. The third-order valence-electron chi connectivity index (χ3n) is 2.83. The fourth-order valence-corrected chi connectivity index (χ4v) is 2.81. The summed E-state index contributed by atoms with van der Waals surface area (Å²) in [6.07, 6.45) is 0. The van der Waals surface area contributed by atoms with Gasteiger partial charge in [-0.25, -0.2) is 0 Å². The number of ether oxygens (including phenoxy) is 1. The Morgan fingerprint density at radius 1 is 1.18 bits per heavy atom. The molecule has 0 heterocycles. The first-order valence-electron chi connectivity index (χ1n) is 6.42. The monoisotopic (exact) mass is 429 g/mol. The molecule has 0 spiro atoms. The number of hydrogen-bond donors (Lipinski definition) is 1. The van der Waals surface area contributed by atoms with E-state index in [-0.39, 0.29) is 11.7 Å². The molecular weight excluding hydrogens is 417 g/mol. The highest BCUT2D eigenvalue weighted by Gasteiger charge is 2.18. The lowest BCUT2D eigenvalue weighted by Gasteiger charge is -2.13. The second-order valence-electron chi connectivity index (χ2n) is 4.65. The maximum Gasteiger partial charge on any atom is 0.308 e. The predicted octanol–water partition coefficient (Wildman–Crippen LogP) is 4.43. The van der Waals surface area contributed by atoms with Crippen LogP contribution in [-0.4, -0.2) is 11.9 Å². The summed E-state index contributed by atoms with van der Waals surface area (Å²) in [5.74, 6) is -0.538. The number of halogens is 2. The van der Waals surface area contributed by atoms with Crippen LogP contribution in [0.25, 0.3) is 0 Å². The lowest BCUT2D eigenvalue weighted by atomic mass is 10.1. The highest BCUT2D eigenvalue weighted by molar-refractivity contribution is 14.1. The van der Waals surface area contributed by atoms with Crippen LogP contribution >= 0.6 is 34.2 Å². The first-order chi connectivity index (χ1) is 10.4. The van der Waals surface area contributed by atoms with Crippen LogP contribution in [0.1, 0.15) is 22.8 Å². The van der Waals surface area contributed by atoms with Gasteiger partial charge in [0, 0.05) is 21.2 Å². The molecule has 6 heteroatoms. The first-order valence-corrected chi connectivity index (χ1v) is 7.88. The second kappa shape index (κ2) is 7.11. The zero-order valence-corrected chi connectivity index (χ0v) is 14.9. The van der Waals surface area contributed by atoms with E-state index < -0.39 is 5.97 Å². The predicted molar refractivity (Wildman–Crippen MR) is 94.6 cm³/mol. The number of aryl methyl sites for hydroxylation is 1. The molecule has 1 N–H and O–H groups in total. The summed E-state index contributed by atoms with van der Waals surface area (Å²) in [4.78, 5) is 23.7. The smallest absolute Gasteiger partial charge is 0.308 e. The van der Waals surface area contributed by atoms with Crippen molar-refractivity contribution in [3.63, 3.8) is 0 Å². The van der Waals surface area contributed by atoms with Crippen molar-refractivity contribution in [3.05, 3.63) is 56.1 Å². The summed E-state index contributed by atoms with van der Waals surface area (Å²) in [5, 5.41) is 3.35. The largest absolute Gasteiger partial charge is 0.426 e. The Morgan fingerprint density at radius 3 is 2.41 bits per heavy atom. The van der Waals surface area contributed by atoms with E-state index in [1.165, 1.54) is 6.92 Å². The van der Waals surface area contributed by atoms with E-state index in [4.69, 9.17) is 16.3 Å². The third-order valence-corrected chi connectivity index (χ3v) is 3.71. The Hall–Kier alpha value is -1.60. The highest BCUT2D eigenvalue weighted by atomic mass is 127. The molecule has 2 aromatic carbocycles. The summed E-state index contributed by atoms with van der Waals surface area (Å²) in [6, 6.07) is 10.3. The zero-order chi connectivity index (χ0) is 16.3. The van der Waals surface area contributed by atoms with Gasteiger partial charge in [-0.2, -0.15) is 0 Å². The van der Waals surface area contributed by atoms with Crippen LogP contribution in [0.5, 0.6) is 5.75 Å². The van der Waals surface area contributed by atoms with Gasteiger partial charge < -0.3 is 10.1 Å². The van der Waals surface area contributed by atoms with Crippen molar-refractivity contribution in [2.24, 2.45) is 0 Å². The first kappa shape index (κ1) is 16.8. The average molecular weight is 430 g/mol. The number of carbonyl (C=O) groups excluding carboxylic acids is 2. The molecule has 2 aromatic rings. The zero-order valence-electron chi connectivity index (χ0n) is 11.9. The fourth-order valence-electron chi connectivity index (χ4n) is 1.91. The molecule has 2 rings (SSSR count). The van der Waals surface area contributed by atoms with E-state index in [9.17, 15) is 9.59 Å². The molecule has 0 aromatic heterocycles. The topological polar surface area (TPSA) is 55.4 Å². The van der Waals surface area contributed by atoms with Gasteiger partial charge in [-0.3, -0.25) is 9.59 Å². The van der Waals surface area contributed by atoms with Crippen LogP contribution in [-0.2, 0) is 4.79 Å². The number of rotatable bonds is 3. The number of carbonyl (C=O) groups is 2. The third kappa shape index (κ3) is 4.20. The quantitative estimate of drug-likeness (QED) is 0.446. The maximum atomic E-state index is 12.5. The Kier molecular flexibility index (Phi) is 5.42. The van der Waals surface area contributed by atoms with Crippen LogP contribution in [0.4, 0.5) is 5.69 Å². The Morgan fingerprint density at radius 2 is 1.82 bits per heavy atom. The molecular formula is C16H13ClINO3. The van der Waals surface area contributed by atoms with Crippen LogP contribution in [0.3, 0.4) is 0 Å². The van der Waals surface area contributed by atoms with Gasteiger partial charge in [0.2, 0.25) is 0 Å². The molecule has 0 bridgehead atoms. The molecule has 0 aliphatic heterocycles. The number of anilines is 1. The average Bonchev–Trinajstić information content (AvgIpc) is 2.43. The molecule has 0 saturated carbocycles. The minimum absolute atomic E-state index is 0.277. The van der Waals surface area contributed by atoms with Gasteiger partial charge in [0.05, 0.1) is 5.56 Å². The van der Waals surface area contributed by atoms with Crippen molar-refractivity contribution in [2.75, 3.05) is 5.32 Å². The van der Waals surface area contributed by atoms with Gasteiger partial charge in [-0.05, 0) is 71.5 Å². The number of nitrogens with one attached hydrogen (secondary N) is 1. The van der Waals surface area contributed by atoms with Crippen LogP contribution in [0, 0.1) is 10.5 Å². The fraction of sp³-hybridized carbons (Fsp3) is 0.125. The molecule has 1 amide bonds. The van der Waals surface area contributed by atoms with E-state index in [1.54, 1.807) is 37.3 Å². The summed E-state index contributed by atoms with van der Waals surface area (Å²) in [7, 11) is 0. The molecule has 0 atom stereocenters. The number of hydrogen-bond acceptors (Lipinski definition) is 3. The molecule has 0 radical (unpaired) electrons. The van der Waals surface area contributed by atoms with Gasteiger partial charge in [0.15, 0.2) is 0 Å². The van der Waals surface area contributed by atoms with E-state index in [0.29, 0.717) is 16.3 Å². The Balaban J connectivity index is 2.35. The van der Waals surface area contributed by atoms with Crippen molar-refractivity contribution >= 4 is 51.8 Å². The SMILES string of the molecule is CC(=O)Oc1c(C)cc(I)cc1C(=O)Nc1ccc(Cl)cc1. The van der Waals surface area contributed by atoms with Crippen LogP contribution in [0.15, 0.2) is 36.4 Å². The number of esters is 1. The maximum absolute atomic E-state index is 12.5. The van der Waals surface area contributed by atoms with E-state index in [2.05, 4.69) is 27.9 Å². The van der Waals surface area contributed by atoms with Gasteiger partial charge in [0.1, 0.15) is 5.75 Å². The van der Waals surface area contributed by atoms with Crippen molar-refractivity contribution in [2.45, 2.75) is 13.8 Å². The van der Waals surface area contributed by atoms with Crippen molar-refractivity contribution in [1.29, 1.82) is 0 Å². The van der Waals surface area contributed by atoms with Gasteiger partial charge in [-0.15, -0.1) is 0 Å². The Bertz CT molecular complexity index is 729. The molecule has 0 unspecified atom stereocenters. The van der Waals surface area contributed by atoms with Gasteiger partial charge in [-0.1, -0.05) is 11.6 Å². The molecule has 0 aliphatic rings. The molecule has 0 aliphatic carbocycles. The van der Waals surface area contributed by atoms with E-state index in [1.807, 2.05) is 6.07 Å². The Labute approximate surface area is 146 Å². The molecule has 4 nitrogen and oxygen atoms in total. The van der Waals surface area contributed by atoms with Crippen LogP contribution < -0.4 is 10.1 Å².